The summed E-state index contributed by atoms with van der Waals surface area (Å²) in [4.78, 5) is 27.5. The number of furan rings is 1. The first-order chi connectivity index (χ1) is 17.2. The van der Waals surface area contributed by atoms with E-state index < -0.39 is 28.8 Å². The zero-order chi connectivity index (χ0) is 25.9. The third kappa shape index (κ3) is 5.42. The first-order valence-electron chi connectivity index (χ1n) is 10.5. The number of benzene rings is 2. The number of hydrogen-bond donors (Lipinski definition) is 1. The fourth-order valence-electron chi connectivity index (χ4n) is 3.68. The number of thioether (sulfide) groups is 1. The summed E-state index contributed by atoms with van der Waals surface area (Å²) in [7, 11) is 0. The van der Waals surface area contributed by atoms with Gasteiger partial charge in [-0.25, -0.2) is 0 Å². The van der Waals surface area contributed by atoms with Gasteiger partial charge in [-0.2, -0.15) is 18.4 Å². The zero-order valence-electron chi connectivity index (χ0n) is 18.4. The van der Waals surface area contributed by atoms with Gasteiger partial charge in [0.1, 0.15) is 22.4 Å². The Morgan fingerprint density at radius 1 is 1.17 bits per heavy atom. The van der Waals surface area contributed by atoms with Gasteiger partial charge < -0.3 is 9.73 Å². The summed E-state index contributed by atoms with van der Waals surface area (Å²) < 4.78 is 46.0. The number of nitrogens with one attached hydrogen (secondary N) is 1. The van der Waals surface area contributed by atoms with E-state index in [1.807, 2.05) is 6.07 Å². The fraction of sp³-hybridized carbons (Fsp3) is 0.160. The number of nitrogens with zero attached hydrogens (tertiary/aromatic N) is 2. The van der Waals surface area contributed by atoms with Gasteiger partial charge in [0.25, 0.3) is 5.91 Å². The normalized spacial score (nSPS) is 17.1. The molecule has 11 heteroatoms. The predicted octanol–water partition coefficient (Wildman–Crippen LogP) is 5.69. The zero-order valence-corrected chi connectivity index (χ0v) is 20.0. The van der Waals surface area contributed by atoms with Gasteiger partial charge in [-0.1, -0.05) is 41.6 Å². The quantitative estimate of drug-likeness (QED) is 0.326. The second kappa shape index (κ2) is 10.5. The number of anilines is 1. The van der Waals surface area contributed by atoms with Crippen LogP contribution < -0.4 is 10.2 Å². The van der Waals surface area contributed by atoms with Crippen molar-refractivity contribution in [3.63, 3.8) is 0 Å². The van der Waals surface area contributed by atoms with Gasteiger partial charge in [0, 0.05) is 10.7 Å². The molecule has 0 spiro atoms. The summed E-state index contributed by atoms with van der Waals surface area (Å²) in [5, 5.41) is 11.5. The minimum absolute atomic E-state index is 0.00906. The average molecular weight is 532 g/mol. The molecule has 2 aromatic carbocycles. The maximum atomic E-state index is 13.6. The molecule has 0 saturated carbocycles. The van der Waals surface area contributed by atoms with E-state index in [0.717, 1.165) is 23.9 Å². The van der Waals surface area contributed by atoms with Crippen LogP contribution in [0, 0.1) is 11.3 Å². The van der Waals surface area contributed by atoms with Gasteiger partial charge >= 0.3 is 6.18 Å². The van der Waals surface area contributed by atoms with Crippen molar-refractivity contribution in [2.75, 3.05) is 4.90 Å². The number of hydrogen-bond acceptors (Lipinski definition) is 5. The van der Waals surface area contributed by atoms with Gasteiger partial charge in [0.2, 0.25) is 5.91 Å². The molecule has 4 rings (SSSR count). The predicted molar refractivity (Wildman–Crippen MR) is 129 cm³/mol. The van der Waals surface area contributed by atoms with Crippen molar-refractivity contribution < 1.29 is 27.2 Å². The highest BCUT2D eigenvalue weighted by Crippen LogP contribution is 2.43. The van der Waals surface area contributed by atoms with E-state index >= 15 is 0 Å². The minimum atomic E-state index is -4.65. The van der Waals surface area contributed by atoms with Crippen molar-refractivity contribution in [2.45, 2.75) is 24.4 Å². The molecule has 0 radical (unpaired) electrons. The lowest BCUT2D eigenvalue weighted by Crippen LogP contribution is -2.32. The van der Waals surface area contributed by atoms with Crippen LogP contribution in [0.3, 0.4) is 0 Å². The molecular weight excluding hydrogens is 515 g/mol. The van der Waals surface area contributed by atoms with Crippen LogP contribution in [-0.4, -0.2) is 17.1 Å². The Bertz CT molecular complexity index is 1350. The number of nitriles is 1. The number of halogens is 4. The van der Waals surface area contributed by atoms with E-state index in [1.165, 1.54) is 17.2 Å². The topological polar surface area (TPSA) is 86.3 Å². The maximum absolute atomic E-state index is 13.6. The van der Waals surface area contributed by atoms with Crippen LogP contribution in [0.5, 0.6) is 0 Å². The smallest absolute Gasteiger partial charge is 0.416 e. The molecule has 1 unspecified atom stereocenters. The summed E-state index contributed by atoms with van der Waals surface area (Å²) in [5.74, 6) is -0.843. The molecule has 2 heterocycles. The number of alkyl halides is 3. The monoisotopic (exact) mass is 531 g/mol. The Kier molecular flexibility index (Phi) is 7.43. The lowest BCUT2D eigenvalue weighted by molar-refractivity contribution is -0.138. The molecule has 1 aromatic heterocycles. The van der Waals surface area contributed by atoms with E-state index in [9.17, 15) is 28.0 Å². The Labute approximate surface area is 213 Å². The Balaban J connectivity index is 1.71. The second-order valence-electron chi connectivity index (χ2n) is 7.67. The summed E-state index contributed by atoms with van der Waals surface area (Å²) >= 11 is 6.82. The molecule has 0 bridgehead atoms. The van der Waals surface area contributed by atoms with E-state index in [2.05, 4.69) is 5.32 Å². The highest BCUT2D eigenvalue weighted by molar-refractivity contribution is 8.05. The summed E-state index contributed by atoms with van der Waals surface area (Å²) in [6, 6.07) is 16.6. The van der Waals surface area contributed by atoms with E-state index in [0.29, 0.717) is 11.4 Å². The third-order valence-corrected chi connectivity index (χ3v) is 6.80. The molecule has 1 aliphatic heterocycles. The van der Waals surface area contributed by atoms with Gasteiger partial charge in [0.15, 0.2) is 0 Å². The summed E-state index contributed by atoms with van der Waals surface area (Å²) in [6.07, 6.45) is -3.52. The van der Waals surface area contributed by atoms with Gasteiger partial charge in [-0.3, -0.25) is 14.5 Å². The fourth-order valence-corrected chi connectivity index (χ4v) is 5.17. The van der Waals surface area contributed by atoms with E-state index in [4.69, 9.17) is 16.0 Å². The molecule has 184 valence electrons. The first kappa shape index (κ1) is 25.4. The number of rotatable bonds is 6. The van der Waals surface area contributed by atoms with Crippen LogP contribution in [0.1, 0.15) is 16.9 Å². The van der Waals surface area contributed by atoms with Crippen molar-refractivity contribution in [1.82, 2.24) is 5.32 Å². The van der Waals surface area contributed by atoms with E-state index in [1.54, 1.807) is 42.5 Å². The lowest BCUT2D eigenvalue weighted by Gasteiger charge is -2.19. The van der Waals surface area contributed by atoms with E-state index in [-0.39, 0.29) is 34.2 Å². The summed E-state index contributed by atoms with van der Waals surface area (Å²) in [5.41, 5.74) is -1.02. The SMILES string of the molecule is N#CC(C(=O)NCc1ccco1)=C1SC(Cc2cc(Cl)ccc2C(F)(F)F)C(=O)N1c1ccccc1. The van der Waals surface area contributed by atoms with Crippen LogP contribution >= 0.6 is 23.4 Å². The standard InChI is InChI=1S/C25H17ClF3N3O3S/c26-16-8-9-20(25(27,28)29)15(11-16)12-21-23(34)32(17-5-2-1-3-6-17)24(36-21)19(13-30)22(33)31-14-18-7-4-10-35-18/h1-11,21H,12,14H2,(H,31,33). The Morgan fingerprint density at radius 2 is 1.92 bits per heavy atom. The molecule has 0 aliphatic carbocycles. The second-order valence-corrected chi connectivity index (χ2v) is 9.30. The molecule has 1 aliphatic rings. The molecule has 3 aromatic rings. The number of amides is 2. The molecule has 1 atom stereocenters. The van der Waals surface area contributed by atoms with Crippen molar-refractivity contribution in [3.8, 4) is 6.07 Å². The van der Waals surface area contributed by atoms with Gasteiger partial charge in [-0.05, 0) is 54.4 Å². The third-order valence-electron chi connectivity index (χ3n) is 5.30. The number of carbonyl (C=O) groups is 2. The van der Waals surface area contributed by atoms with Crippen LogP contribution in [-0.2, 0) is 28.7 Å². The Morgan fingerprint density at radius 3 is 2.56 bits per heavy atom. The van der Waals surface area contributed by atoms with Gasteiger partial charge in [0.05, 0.1) is 23.6 Å². The highest BCUT2D eigenvalue weighted by atomic mass is 35.5. The van der Waals surface area contributed by atoms with Crippen molar-refractivity contribution in [3.05, 3.63) is 99.4 Å². The Hall–Kier alpha value is -3.68. The minimum Gasteiger partial charge on any atom is -0.467 e. The van der Waals surface area contributed by atoms with Crippen LogP contribution in [0.15, 0.2) is 81.9 Å². The lowest BCUT2D eigenvalue weighted by atomic mass is 10.0. The van der Waals surface area contributed by atoms with Crippen LogP contribution in [0.25, 0.3) is 0 Å². The molecule has 2 amide bonds. The van der Waals surface area contributed by atoms with Crippen molar-refractivity contribution in [1.29, 1.82) is 5.26 Å². The van der Waals surface area contributed by atoms with Gasteiger partial charge in [-0.15, -0.1) is 0 Å². The first-order valence-corrected chi connectivity index (χ1v) is 11.8. The van der Waals surface area contributed by atoms with Crippen molar-refractivity contribution in [2.24, 2.45) is 0 Å². The number of para-hydroxylation sites is 1. The molecule has 36 heavy (non-hydrogen) atoms. The molecular formula is C25H17ClF3N3O3S. The molecule has 1 fully saturated rings. The van der Waals surface area contributed by atoms with Crippen LogP contribution in [0.4, 0.5) is 18.9 Å². The summed E-state index contributed by atoms with van der Waals surface area (Å²) in [6.45, 7) is 0.00906. The van der Waals surface area contributed by atoms with Crippen LogP contribution in [0.2, 0.25) is 5.02 Å². The number of carbonyl (C=O) groups excluding carboxylic acids is 2. The largest absolute Gasteiger partial charge is 0.467 e. The molecule has 1 saturated heterocycles. The average Bonchev–Trinajstić information content (AvgIpc) is 3.46. The molecule has 6 nitrogen and oxygen atoms in total. The highest BCUT2D eigenvalue weighted by Gasteiger charge is 2.42. The maximum Gasteiger partial charge on any atom is 0.416 e. The van der Waals surface area contributed by atoms with Crippen molar-refractivity contribution >= 4 is 40.9 Å². The molecule has 1 N–H and O–H groups in total.